The first-order chi connectivity index (χ1) is 19.3. The smallest absolute Gasteiger partial charge is 0.482 e. The van der Waals surface area contributed by atoms with Crippen LogP contribution in [0.1, 0.15) is 58.1 Å². The summed E-state index contributed by atoms with van der Waals surface area (Å²) in [6.45, 7) is 12.5. The third-order valence-corrected chi connectivity index (χ3v) is 12.2. The number of carbonyl (C=O) groups is 2. The number of aliphatic hydroxyl groups is 2. The summed E-state index contributed by atoms with van der Waals surface area (Å²) in [4.78, 5) is 26.7. The van der Waals surface area contributed by atoms with Crippen LogP contribution in [0.15, 0.2) is 24.8 Å². The van der Waals surface area contributed by atoms with Gasteiger partial charge in [-0.3, -0.25) is 4.79 Å². The summed E-state index contributed by atoms with van der Waals surface area (Å²) in [5.74, 6) is -0.600. The summed E-state index contributed by atoms with van der Waals surface area (Å²) < 4.78 is 17.5. The molecule has 0 radical (unpaired) electrons. The summed E-state index contributed by atoms with van der Waals surface area (Å²) in [5, 5.41) is 32.7. The number of ketones is 1. The van der Waals surface area contributed by atoms with Crippen LogP contribution in [0.4, 0.5) is 0 Å². The lowest BCUT2D eigenvalue weighted by Gasteiger charge is -2.79. The maximum Gasteiger partial charge on any atom is 0.491 e. The van der Waals surface area contributed by atoms with Crippen LogP contribution >= 0.6 is 0 Å². The summed E-state index contributed by atoms with van der Waals surface area (Å²) in [6, 6.07) is 3.40. The Morgan fingerprint density at radius 3 is 2.68 bits per heavy atom. The van der Waals surface area contributed by atoms with E-state index in [1.165, 1.54) is 0 Å². The number of nitrogens with two attached hydrogens (primary N) is 1. The SMILES string of the molecule is C=C[C@]1(C)C[C@@H](OC(=O)COc2cc(CN)c3c(c2)B(O)OC3)[C@]2(C)[C@H](C)C[C@H]3C4C(=O)[C@@H](O)C[C@@]3([C@@H](C)[C@@H]1O)[C@@H]42. The van der Waals surface area contributed by atoms with Gasteiger partial charge in [-0.2, -0.15) is 0 Å². The number of rotatable bonds is 6. The molecule has 5 N–H and O–H groups in total. The summed E-state index contributed by atoms with van der Waals surface area (Å²) in [7, 11) is -1.07. The molecule has 9 nitrogen and oxygen atoms in total. The van der Waals surface area contributed by atoms with Gasteiger partial charge in [-0.05, 0) is 77.1 Å². The standard InChI is InChI=1S/C31H42BNO8/c1-6-29(4)11-23(41-24(35)14-39-18-8-17(12-33)19-13-40-32(38)21(19)9-18)30(5)15(2)7-20-25-26(36)22(34)10-31(20,27(25)30)16(3)28(29)37/h6,8-9,15-16,20,22-23,25,27-28,34,37-38H,1,7,10-14,33H2,2-5H3/t15-,16+,20+,22+,23-,25?,27+,28+,29-,30+,31+/m1/s1. The molecule has 222 valence electrons. The van der Waals surface area contributed by atoms with Crippen molar-refractivity contribution in [2.45, 2.75) is 78.4 Å². The third-order valence-electron chi connectivity index (χ3n) is 12.2. The van der Waals surface area contributed by atoms with Crippen molar-refractivity contribution in [2.24, 2.45) is 51.6 Å². The van der Waals surface area contributed by atoms with Crippen LogP contribution in [0.25, 0.3) is 0 Å². The number of Topliss-reactive ketones (excluding diaryl/α,β-unsaturated/α-hetero) is 1. The number of benzene rings is 1. The van der Waals surface area contributed by atoms with Crippen molar-refractivity contribution >= 4 is 24.3 Å². The number of fused-ring (bicyclic) bond motifs is 2. The quantitative estimate of drug-likeness (QED) is 0.228. The number of esters is 1. The van der Waals surface area contributed by atoms with Crippen LogP contribution in [0.2, 0.25) is 0 Å². The molecule has 0 amide bonds. The predicted molar refractivity (Wildman–Crippen MR) is 151 cm³/mol. The van der Waals surface area contributed by atoms with Crippen LogP contribution < -0.4 is 15.9 Å². The zero-order valence-electron chi connectivity index (χ0n) is 24.3. The minimum atomic E-state index is -1.07. The topological polar surface area (TPSA) is 149 Å². The summed E-state index contributed by atoms with van der Waals surface area (Å²) >= 11 is 0. The van der Waals surface area contributed by atoms with Crippen molar-refractivity contribution in [3.05, 3.63) is 35.9 Å². The van der Waals surface area contributed by atoms with Crippen LogP contribution in [0.5, 0.6) is 5.75 Å². The van der Waals surface area contributed by atoms with E-state index in [1.54, 1.807) is 18.2 Å². The Bertz CT molecular complexity index is 1290. The number of hydrogen-bond donors (Lipinski definition) is 4. The van der Waals surface area contributed by atoms with Crippen LogP contribution in [-0.4, -0.2) is 59.0 Å². The highest BCUT2D eigenvalue weighted by atomic mass is 16.6. The van der Waals surface area contributed by atoms with E-state index in [0.717, 1.165) is 17.5 Å². The van der Waals surface area contributed by atoms with E-state index in [0.29, 0.717) is 24.1 Å². The van der Waals surface area contributed by atoms with Gasteiger partial charge in [0.15, 0.2) is 12.4 Å². The predicted octanol–water partition coefficient (Wildman–Crippen LogP) is 1.48. The molecule has 1 unspecified atom stereocenters. The Hall–Kier alpha value is -2.24. The molecule has 10 heteroatoms. The molecule has 1 aliphatic heterocycles. The third kappa shape index (κ3) is 3.80. The van der Waals surface area contributed by atoms with E-state index in [2.05, 4.69) is 27.4 Å². The fourth-order valence-electron chi connectivity index (χ4n) is 9.86. The molecule has 1 spiro atoms. The number of hydrogen-bond acceptors (Lipinski definition) is 9. The van der Waals surface area contributed by atoms with Crippen LogP contribution in [0, 0.1) is 45.8 Å². The first-order valence-electron chi connectivity index (χ1n) is 14.8. The van der Waals surface area contributed by atoms with Gasteiger partial charge in [-0.25, -0.2) is 4.79 Å². The molecule has 1 heterocycles. The maximum absolute atomic E-state index is 13.4. The highest BCUT2D eigenvalue weighted by Gasteiger charge is 2.80. The molecule has 11 atom stereocenters. The summed E-state index contributed by atoms with van der Waals surface area (Å²) in [6.07, 6.45) is 0.808. The number of ether oxygens (including phenoxy) is 2. The largest absolute Gasteiger partial charge is 0.491 e. The van der Waals surface area contributed by atoms with Crippen molar-refractivity contribution in [2.75, 3.05) is 6.61 Å². The molecule has 5 fully saturated rings. The van der Waals surface area contributed by atoms with Crippen molar-refractivity contribution in [1.29, 1.82) is 0 Å². The zero-order chi connectivity index (χ0) is 29.6. The average Bonchev–Trinajstić information content (AvgIpc) is 3.32. The highest BCUT2D eigenvalue weighted by Crippen LogP contribution is 2.79. The van der Waals surface area contributed by atoms with Crippen molar-refractivity contribution < 1.29 is 39.0 Å². The van der Waals surface area contributed by atoms with Crippen molar-refractivity contribution in [3.63, 3.8) is 0 Å². The van der Waals surface area contributed by atoms with E-state index in [4.69, 9.17) is 19.9 Å². The van der Waals surface area contributed by atoms with Crippen molar-refractivity contribution in [1.82, 2.24) is 0 Å². The Morgan fingerprint density at radius 1 is 1.27 bits per heavy atom. The molecule has 5 bridgehead atoms. The maximum atomic E-state index is 13.4. The van der Waals surface area contributed by atoms with Gasteiger partial charge in [0.2, 0.25) is 0 Å². The van der Waals surface area contributed by atoms with E-state index < -0.39 is 47.6 Å². The Morgan fingerprint density at radius 2 is 2.00 bits per heavy atom. The van der Waals surface area contributed by atoms with Crippen LogP contribution in [0.3, 0.4) is 0 Å². The van der Waals surface area contributed by atoms with E-state index >= 15 is 0 Å². The molecular formula is C31H42BNO8. The molecule has 5 saturated carbocycles. The minimum Gasteiger partial charge on any atom is -0.482 e. The molecule has 0 saturated heterocycles. The van der Waals surface area contributed by atoms with Gasteiger partial charge in [-0.1, -0.05) is 33.8 Å². The second-order valence-electron chi connectivity index (χ2n) is 13.8. The lowest BCUT2D eigenvalue weighted by Crippen LogP contribution is -2.80. The molecule has 0 aromatic heterocycles. The zero-order valence-corrected chi connectivity index (χ0v) is 24.3. The highest BCUT2D eigenvalue weighted by molar-refractivity contribution is 6.61. The fourth-order valence-corrected chi connectivity index (χ4v) is 9.86. The van der Waals surface area contributed by atoms with Gasteiger partial charge in [0.05, 0.1) is 12.7 Å². The first-order valence-corrected chi connectivity index (χ1v) is 14.8. The lowest BCUT2D eigenvalue weighted by atomic mass is 9.25. The second-order valence-corrected chi connectivity index (χ2v) is 13.8. The molecule has 5 aliphatic carbocycles. The second kappa shape index (κ2) is 9.64. The van der Waals surface area contributed by atoms with Gasteiger partial charge < -0.3 is 35.1 Å². The van der Waals surface area contributed by atoms with Gasteiger partial charge in [-0.15, -0.1) is 6.58 Å². The molecular weight excluding hydrogens is 525 g/mol. The van der Waals surface area contributed by atoms with Gasteiger partial charge in [0.1, 0.15) is 18.0 Å². The number of carbonyl (C=O) groups excluding carboxylic acids is 2. The first kappa shape index (κ1) is 28.9. The Kier molecular flexibility index (Phi) is 6.79. The lowest BCUT2D eigenvalue weighted by molar-refractivity contribution is -0.330. The molecule has 41 heavy (non-hydrogen) atoms. The molecule has 6 aliphatic rings. The Labute approximate surface area is 241 Å². The molecule has 7 rings (SSSR count). The van der Waals surface area contributed by atoms with Gasteiger partial charge in [0, 0.05) is 23.3 Å². The molecule has 1 aromatic rings. The molecule has 1 aromatic carbocycles. The van der Waals surface area contributed by atoms with E-state index in [9.17, 15) is 24.8 Å². The van der Waals surface area contributed by atoms with Gasteiger partial charge in [0.25, 0.3) is 0 Å². The van der Waals surface area contributed by atoms with Gasteiger partial charge >= 0.3 is 13.1 Å². The number of aliphatic hydroxyl groups excluding tert-OH is 2. The average molecular weight is 567 g/mol. The van der Waals surface area contributed by atoms with E-state index in [1.807, 2.05) is 6.92 Å². The minimum absolute atomic E-state index is 0.0962. The van der Waals surface area contributed by atoms with Crippen LogP contribution in [-0.2, 0) is 32.1 Å². The monoisotopic (exact) mass is 567 g/mol. The Balaban J connectivity index is 1.30. The fraction of sp³-hybridized carbons (Fsp3) is 0.677. The van der Waals surface area contributed by atoms with Crippen molar-refractivity contribution in [3.8, 4) is 5.75 Å². The van der Waals surface area contributed by atoms with E-state index in [-0.39, 0.29) is 55.1 Å². The summed E-state index contributed by atoms with van der Waals surface area (Å²) in [5.41, 5.74) is 6.36. The normalized spacial score (nSPS) is 44.3.